The molecule has 3 aliphatic heterocycles. The van der Waals surface area contributed by atoms with Crippen LogP contribution in [0.3, 0.4) is 0 Å². The summed E-state index contributed by atoms with van der Waals surface area (Å²) in [6.45, 7) is -0.801. The summed E-state index contributed by atoms with van der Waals surface area (Å²) in [5, 5.41) is 0. The molecule has 3 saturated heterocycles. The van der Waals surface area contributed by atoms with Crippen LogP contribution in [-0.2, 0) is 32.0 Å². The molecule has 0 radical (unpaired) electrons. The van der Waals surface area contributed by atoms with Gasteiger partial charge in [-0.3, -0.25) is 14.4 Å². The second kappa shape index (κ2) is 9.54. The molecule has 2 unspecified atom stereocenters. The van der Waals surface area contributed by atoms with Gasteiger partial charge in [0.2, 0.25) is 21.8 Å². The maximum Gasteiger partial charge on any atom is 0.416 e. The SMILES string of the molecule is CS(=O)(=O)N1CC2C(=O)N(c3ccccc3)C(=O)C2C12CCN(C(=O)c1cc(C(F)(F)F)cc(C(F)(F)F)c1)CC2. The molecule has 3 heterocycles. The molecule has 3 fully saturated rings. The number of rotatable bonds is 3. The van der Waals surface area contributed by atoms with Crippen LogP contribution in [0.4, 0.5) is 32.0 Å². The smallest absolute Gasteiger partial charge is 0.339 e. The number of likely N-dealkylation sites (tertiary alicyclic amines) is 1. The van der Waals surface area contributed by atoms with E-state index < -0.39 is 74.2 Å². The number of hydrogen-bond acceptors (Lipinski definition) is 5. The summed E-state index contributed by atoms with van der Waals surface area (Å²) < 4.78 is 107. The highest BCUT2D eigenvalue weighted by atomic mass is 32.2. The number of alkyl halides is 6. The number of nitrogens with zero attached hydrogens (tertiary/aromatic N) is 3. The Labute approximate surface area is 230 Å². The lowest BCUT2D eigenvalue weighted by Crippen LogP contribution is -2.59. The van der Waals surface area contributed by atoms with Gasteiger partial charge in [-0.2, -0.15) is 30.6 Å². The molecule has 0 bridgehead atoms. The third-order valence-corrected chi connectivity index (χ3v) is 9.34. The zero-order valence-electron chi connectivity index (χ0n) is 21.4. The second-order valence-electron chi connectivity index (χ2n) is 10.4. The minimum Gasteiger partial charge on any atom is -0.339 e. The van der Waals surface area contributed by atoms with Crippen LogP contribution in [0.2, 0.25) is 0 Å². The maximum atomic E-state index is 13.6. The van der Waals surface area contributed by atoms with Crippen LogP contribution in [0.15, 0.2) is 48.5 Å². The van der Waals surface area contributed by atoms with Crippen LogP contribution in [0.5, 0.6) is 0 Å². The normalized spacial score (nSPS) is 23.4. The highest BCUT2D eigenvalue weighted by Gasteiger charge is 2.67. The lowest BCUT2D eigenvalue weighted by molar-refractivity contribution is -0.143. The Morgan fingerprint density at radius 3 is 1.90 bits per heavy atom. The van der Waals surface area contributed by atoms with Gasteiger partial charge in [0.05, 0.1) is 40.4 Å². The standard InChI is InChI=1S/C26H23F6N3O5S/c1-41(39,40)34-14-19-20(23(38)35(22(19)37)18-5-3-2-4-6-18)24(34)7-9-33(10-8-24)21(36)15-11-16(25(27,28)29)13-17(12-15)26(30,31)32/h2-6,11-13,19-20H,7-10,14H2,1H3. The van der Waals surface area contributed by atoms with Crippen molar-refractivity contribution in [2.24, 2.45) is 11.8 Å². The van der Waals surface area contributed by atoms with E-state index in [1.807, 2.05) is 0 Å². The van der Waals surface area contributed by atoms with Crippen molar-refractivity contribution in [2.45, 2.75) is 30.7 Å². The average molecular weight is 604 g/mol. The van der Waals surface area contributed by atoms with Crippen LogP contribution in [0.1, 0.15) is 34.3 Å². The molecule has 3 amide bonds. The Balaban J connectivity index is 1.46. The number of imide groups is 1. The van der Waals surface area contributed by atoms with Gasteiger partial charge < -0.3 is 4.90 Å². The summed E-state index contributed by atoms with van der Waals surface area (Å²) in [4.78, 5) is 42.1. The highest BCUT2D eigenvalue weighted by molar-refractivity contribution is 7.88. The van der Waals surface area contributed by atoms with Crippen LogP contribution < -0.4 is 4.90 Å². The van der Waals surface area contributed by atoms with Gasteiger partial charge in [-0.25, -0.2) is 13.3 Å². The monoisotopic (exact) mass is 603 g/mol. The van der Waals surface area contributed by atoms with Gasteiger partial charge in [-0.05, 0) is 43.2 Å². The molecule has 1 spiro atoms. The number of anilines is 1. The summed E-state index contributed by atoms with van der Waals surface area (Å²) >= 11 is 0. The first-order chi connectivity index (χ1) is 18.9. The molecule has 3 aliphatic rings. The largest absolute Gasteiger partial charge is 0.416 e. The predicted molar refractivity (Wildman–Crippen MR) is 132 cm³/mol. The van der Waals surface area contributed by atoms with E-state index in [0.29, 0.717) is 17.8 Å². The number of piperidine rings is 1. The summed E-state index contributed by atoms with van der Waals surface area (Å²) in [5.74, 6) is -4.34. The second-order valence-corrected chi connectivity index (χ2v) is 12.3. The maximum absolute atomic E-state index is 13.6. The molecule has 220 valence electrons. The van der Waals surface area contributed by atoms with Crippen molar-refractivity contribution in [1.82, 2.24) is 9.21 Å². The van der Waals surface area contributed by atoms with Crippen LogP contribution in [0.25, 0.3) is 0 Å². The van der Waals surface area contributed by atoms with Crippen LogP contribution >= 0.6 is 0 Å². The van der Waals surface area contributed by atoms with Gasteiger partial charge in [0.15, 0.2) is 0 Å². The molecule has 0 N–H and O–H groups in total. The molecule has 2 aromatic rings. The number of hydrogen-bond donors (Lipinski definition) is 0. The van der Waals surface area contributed by atoms with E-state index in [1.54, 1.807) is 30.3 Å². The number of fused-ring (bicyclic) bond motifs is 2. The Morgan fingerprint density at radius 2 is 1.41 bits per heavy atom. The Hall–Kier alpha value is -3.46. The van der Waals surface area contributed by atoms with Crippen molar-refractivity contribution in [3.63, 3.8) is 0 Å². The van der Waals surface area contributed by atoms with Gasteiger partial charge in [-0.15, -0.1) is 0 Å². The number of halogens is 6. The number of carbonyl (C=O) groups is 3. The van der Waals surface area contributed by atoms with E-state index in [0.717, 1.165) is 20.4 Å². The van der Waals surface area contributed by atoms with Gasteiger partial charge in [-0.1, -0.05) is 18.2 Å². The molecule has 2 aromatic carbocycles. The zero-order valence-corrected chi connectivity index (χ0v) is 22.2. The average Bonchev–Trinajstić information content (AvgIpc) is 3.35. The number of para-hydroxylation sites is 1. The van der Waals surface area contributed by atoms with E-state index in [-0.39, 0.29) is 38.5 Å². The Morgan fingerprint density at radius 1 is 0.878 bits per heavy atom. The molecular weight excluding hydrogens is 580 g/mol. The number of sulfonamides is 1. The minimum atomic E-state index is -5.14. The molecule has 2 atom stereocenters. The molecule has 0 saturated carbocycles. The number of benzene rings is 2. The summed E-state index contributed by atoms with van der Waals surface area (Å²) in [5.41, 5.74) is -5.19. The first-order valence-corrected chi connectivity index (χ1v) is 14.3. The third kappa shape index (κ3) is 4.88. The van der Waals surface area contributed by atoms with Crippen molar-refractivity contribution in [3.05, 3.63) is 65.2 Å². The number of carbonyl (C=O) groups excluding carboxylic acids is 3. The summed E-state index contributed by atoms with van der Waals surface area (Å²) in [7, 11) is -3.96. The predicted octanol–water partition coefficient (Wildman–Crippen LogP) is 3.78. The van der Waals surface area contributed by atoms with Crippen molar-refractivity contribution in [1.29, 1.82) is 0 Å². The van der Waals surface area contributed by atoms with Crippen molar-refractivity contribution >= 4 is 33.4 Å². The highest BCUT2D eigenvalue weighted by Crippen LogP contribution is 2.52. The van der Waals surface area contributed by atoms with Gasteiger partial charge in [0.25, 0.3) is 5.91 Å². The van der Waals surface area contributed by atoms with Crippen molar-refractivity contribution in [3.8, 4) is 0 Å². The third-order valence-electron chi connectivity index (χ3n) is 8.03. The Bertz CT molecular complexity index is 1490. The molecule has 41 heavy (non-hydrogen) atoms. The first-order valence-electron chi connectivity index (χ1n) is 12.4. The van der Waals surface area contributed by atoms with E-state index in [9.17, 15) is 49.1 Å². The first kappa shape index (κ1) is 29.0. The van der Waals surface area contributed by atoms with Crippen LogP contribution in [-0.4, -0.2) is 66.8 Å². The molecule has 0 aliphatic carbocycles. The molecule has 5 rings (SSSR count). The lowest BCUT2D eigenvalue weighted by atomic mass is 9.75. The molecule has 8 nitrogen and oxygen atoms in total. The van der Waals surface area contributed by atoms with E-state index in [1.165, 1.54) is 0 Å². The molecule has 15 heteroatoms. The molecular formula is C26H23F6N3O5S. The fourth-order valence-corrected chi connectivity index (χ4v) is 7.64. The fraction of sp³-hybridized carbons (Fsp3) is 0.423. The van der Waals surface area contributed by atoms with Crippen molar-refractivity contribution in [2.75, 3.05) is 30.8 Å². The van der Waals surface area contributed by atoms with Crippen molar-refractivity contribution < 1.29 is 49.1 Å². The fourth-order valence-electron chi connectivity index (χ4n) is 6.25. The van der Waals surface area contributed by atoms with Crippen LogP contribution in [0, 0.1) is 11.8 Å². The minimum absolute atomic E-state index is 0.0775. The summed E-state index contributed by atoms with van der Waals surface area (Å²) in [6.07, 6.45) is -9.66. The Kier molecular flexibility index (Phi) is 6.76. The number of amides is 3. The lowest BCUT2D eigenvalue weighted by Gasteiger charge is -2.46. The van der Waals surface area contributed by atoms with Gasteiger partial charge >= 0.3 is 12.4 Å². The molecule has 0 aromatic heterocycles. The quantitative estimate of drug-likeness (QED) is 0.393. The topological polar surface area (TPSA) is 95.1 Å². The zero-order chi connectivity index (χ0) is 30.1. The van der Waals surface area contributed by atoms with E-state index in [2.05, 4.69) is 0 Å². The van der Waals surface area contributed by atoms with Gasteiger partial charge in [0, 0.05) is 25.2 Å². The van der Waals surface area contributed by atoms with E-state index in [4.69, 9.17) is 0 Å². The summed E-state index contributed by atoms with van der Waals surface area (Å²) in [6, 6.07) is 8.67. The van der Waals surface area contributed by atoms with Gasteiger partial charge in [0.1, 0.15) is 0 Å². The van der Waals surface area contributed by atoms with E-state index >= 15 is 0 Å².